The molecule has 3 rings (SSSR count). The van der Waals surface area contributed by atoms with Gasteiger partial charge >= 0.3 is 12.4 Å². The fourth-order valence-corrected chi connectivity index (χ4v) is 3.30. The van der Waals surface area contributed by atoms with Crippen molar-refractivity contribution in [2.75, 3.05) is 0 Å². The van der Waals surface area contributed by atoms with Gasteiger partial charge in [-0.2, -0.15) is 26.3 Å². The number of halogens is 7. The highest BCUT2D eigenvalue weighted by Crippen LogP contribution is 2.47. The second-order valence-corrected chi connectivity index (χ2v) is 5.86. The molecule has 1 atom stereocenters. The lowest BCUT2D eigenvalue weighted by molar-refractivity contribution is -0.142. The number of benzene rings is 2. The Balaban J connectivity index is 2.39. The third kappa shape index (κ3) is 2.99. The topological polar surface area (TPSA) is 26.0 Å². The summed E-state index contributed by atoms with van der Waals surface area (Å²) >= 11 is 0. The highest BCUT2D eigenvalue weighted by atomic mass is 19.4. The monoisotopic (exact) mass is 363 g/mol. The van der Waals surface area contributed by atoms with Crippen molar-refractivity contribution in [1.29, 1.82) is 0 Å². The van der Waals surface area contributed by atoms with Crippen LogP contribution in [-0.2, 0) is 18.8 Å². The summed E-state index contributed by atoms with van der Waals surface area (Å²) in [5.74, 6) is -0.721. The number of nitrogens with two attached hydrogens (primary N) is 1. The Morgan fingerprint density at radius 2 is 1.44 bits per heavy atom. The Morgan fingerprint density at radius 3 is 1.96 bits per heavy atom. The molecule has 1 nitrogen and oxygen atoms in total. The zero-order valence-corrected chi connectivity index (χ0v) is 12.6. The summed E-state index contributed by atoms with van der Waals surface area (Å²) in [6, 6.07) is 2.98. The summed E-state index contributed by atoms with van der Waals surface area (Å²) in [4.78, 5) is 0. The maximum atomic E-state index is 14.0. The third-order valence-corrected chi connectivity index (χ3v) is 4.32. The van der Waals surface area contributed by atoms with Crippen molar-refractivity contribution < 1.29 is 30.7 Å². The third-order valence-electron chi connectivity index (χ3n) is 4.32. The van der Waals surface area contributed by atoms with E-state index < -0.39 is 40.9 Å². The molecule has 0 unspecified atom stereocenters. The first-order valence-electron chi connectivity index (χ1n) is 7.36. The number of hydrogen-bond donors (Lipinski definition) is 1. The first kappa shape index (κ1) is 17.7. The van der Waals surface area contributed by atoms with E-state index in [0.29, 0.717) is 18.2 Å². The van der Waals surface area contributed by atoms with Gasteiger partial charge < -0.3 is 5.73 Å². The van der Waals surface area contributed by atoms with Crippen molar-refractivity contribution in [3.8, 4) is 11.1 Å². The van der Waals surface area contributed by atoms with Gasteiger partial charge in [0.2, 0.25) is 0 Å². The molecule has 0 aliphatic heterocycles. The summed E-state index contributed by atoms with van der Waals surface area (Å²) in [5.41, 5.74) is 1.79. The quantitative estimate of drug-likeness (QED) is 0.668. The van der Waals surface area contributed by atoms with Gasteiger partial charge in [0.1, 0.15) is 5.82 Å². The summed E-state index contributed by atoms with van der Waals surface area (Å²) < 4.78 is 94.0. The molecular weight excluding hydrogens is 351 g/mol. The Bertz CT molecular complexity index is 789. The molecule has 0 saturated heterocycles. The average molecular weight is 363 g/mol. The van der Waals surface area contributed by atoms with Crippen molar-refractivity contribution in [2.24, 2.45) is 5.73 Å². The van der Waals surface area contributed by atoms with Crippen LogP contribution in [-0.4, -0.2) is 0 Å². The molecule has 1 aliphatic rings. The number of rotatable bonds is 1. The Kier molecular flexibility index (Phi) is 4.06. The summed E-state index contributed by atoms with van der Waals surface area (Å²) in [6.45, 7) is 0. The molecule has 0 saturated carbocycles. The van der Waals surface area contributed by atoms with Crippen LogP contribution in [0, 0.1) is 5.82 Å². The minimum atomic E-state index is -4.99. The summed E-state index contributed by atoms with van der Waals surface area (Å²) in [5, 5.41) is 0. The van der Waals surface area contributed by atoms with Crippen LogP contribution in [0.2, 0.25) is 0 Å². The average Bonchev–Trinajstić information content (AvgIpc) is 2.88. The molecule has 0 aromatic heterocycles. The van der Waals surface area contributed by atoms with Gasteiger partial charge in [0, 0.05) is 17.2 Å². The van der Waals surface area contributed by atoms with E-state index in [1.807, 2.05) is 0 Å². The fraction of sp³-hybridized carbons (Fsp3) is 0.294. The van der Waals surface area contributed by atoms with E-state index in [1.165, 1.54) is 0 Å². The van der Waals surface area contributed by atoms with Crippen LogP contribution in [0.5, 0.6) is 0 Å². The smallest absolute Gasteiger partial charge is 0.324 e. The van der Waals surface area contributed by atoms with Crippen molar-refractivity contribution in [3.63, 3.8) is 0 Å². The molecule has 8 heteroatoms. The van der Waals surface area contributed by atoms with Crippen molar-refractivity contribution in [1.82, 2.24) is 0 Å². The molecule has 0 amide bonds. The van der Waals surface area contributed by atoms with Crippen LogP contribution >= 0.6 is 0 Å². The fourth-order valence-electron chi connectivity index (χ4n) is 3.30. The Morgan fingerprint density at radius 1 is 0.880 bits per heavy atom. The molecule has 25 heavy (non-hydrogen) atoms. The lowest BCUT2D eigenvalue weighted by atomic mass is 9.89. The van der Waals surface area contributed by atoms with Gasteiger partial charge in [-0.1, -0.05) is 12.1 Å². The number of hydrogen-bond acceptors (Lipinski definition) is 1. The van der Waals surface area contributed by atoms with Crippen LogP contribution in [0.1, 0.15) is 34.7 Å². The van der Waals surface area contributed by atoms with Gasteiger partial charge in [0.05, 0.1) is 11.1 Å². The molecule has 1 aliphatic carbocycles. The van der Waals surface area contributed by atoms with Gasteiger partial charge in [-0.15, -0.1) is 0 Å². The minimum absolute atomic E-state index is 0.0115. The second kappa shape index (κ2) is 5.72. The van der Waals surface area contributed by atoms with Crippen LogP contribution in [0.25, 0.3) is 11.1 Å². The SMILES string of the molecule is N[C@@H]1CCc2c(-c3c(C(F)(F)F)cccc3C(F)(F)F)ccc(F)c21. The molecule has 0 radical (unpaired) electrons. The van der Waals surface area contributed by atoms with E-state index in [0.717, 1.165) is 12.1 Å². The van der Waals surface area contributed by atoms with Gasteiger partial charge in [-0.05, 0) is 42.2 Å². The molecule has 134 valence electrons. The van der Waals surface area contributed by atoms with E-state index in [-0.39, 0.29) is 29.5 Å². The minimum Gasteiger partial charge on any atom is -0.324 e. The number of alkyl halides is 6. The summed E-state index contributed by atoms with van der Waals surface area (Å²) in [6.07, 6.45) is -9.59. The van der Waals surface area contributed by atoms with Crippen molar-refractivity contribution in [3.05, 3.63) is 58.4 Å². The molecule has 2 aromatic carbocycles. The number of fused-ring (bicyclic) bond motifs is 1. The van der Waals surface area contributed by atoms with E-state index >= 15 is 0 Å². The van der Waals surface area contributed by atoms with Crippen molar-refractivity contribution >= 4 is 0 Å². The van der Waals surface area contributed by atoms with Crippen LogP contribution in [0.15, 0.2) is 30.3 Å². The lowest BCUT2D eigenvalue weighted by Crippen LogP contribution is -2.15. The molecule has 2 aromatic rings. The highest BCUT2D eigenvalue weighted by Gasteiger charge is 2.42. The molecular formula is C17H12F7N. The van der Waals surface area contributed by atoms with E-state index in [9.17, 15) is 30.7 Å². The highest BCUT2D eigenvalue weighted by molar-refractivity contribution is 5.77. The largest absolute Gasteiger partial charge is 0.417 e. The zero-order chi connectivity index (χ0) is 18.6. The van der Waals surface area contributed by atoms with Crippen molar-refractivity contribution in [2.45, 2.75) is 31.2 Å². The maximum Gasteiger partial charge on any atom is 0.417 e. The predicted molar refractivity (Wildman–Crippen MR) is 77.1 cm³/mol. The van der Waals surface area contributed by atoms with Gasteiger partial charge in [0.15, 0.2) is 0 Å². The van der Waals surface area contributed by atoms with E-state index in [1.54, 1.807) is 0 Å². The van der Waals surface area contributed by atoms with Crippen LogP contribution in [0.4, 0.5) is 30.7 Å². The van der Waals surface area contributed by atoms with E-state index in [2.05, 4.69) is 0 Å². The summed E-state index contributed by atoms with van der Waals surface area (Å²) in [7, 11) is 0. The van der Waals surface area contributed by atoms with Crippen LogP contribution in [0.3, 0.4) is 0 Å². The molecule has 0 spiro atoms. The molecule has 0 fully saturated rings. The standard InChI is InChI=1S/C17H12F7N/c18-12-6-4-8(9-5-7-13(25)15(9)12)14-10(16(19,20)21)2-1-3-11(14)17(22,23)24/h1-4,6,13H,5,7,25H2/t13-/m1/s1. The van der Waals surface area contributed by atoms with E-state index in [4.69, 9.17) is 5.73 Å². The zero-order valence-electron chi connectivity index (χ0n) is 12.6. The van der Waals surface area contributed by atoms with Gasteiger partial charge in [-0.25, -0.2) is 4.39 Å². The lowest BCUT2D eigenvalue weighted by Gasteiger charge is -2.21. The second-order valence-electron chi connectivity index (χ2n) is 5.86. The van der Waals surface area contributed by atoms with Gasteiger partial charge in [0.25, 0.3) is 0 Å². The molecule has 0 bridgehead atoms. The molecule has 2 N–H and O–H groups in total. The first-order valence-corrected chi connectivity index (χ1v) is 7.36. The Labute approximate surface area is 138 Å². The Hall–Kier alpha value is -2.09. The van der Waals surface area contributed by atoms with Gasteiger partial charge in [-0.3, -0.25) is 0 Å². The maximum absolute atomic E-state index is 14.0. The normalized spacial score (nSPS) is 17.7. The predicted octanol–water partition coefficient (Wildman–Crippen LogP) is 5.48. The molecule has 0 heterocycles. The first-order chi connectivity index (χ1) is 11.5. The van der Waals surface area contributed by atoms with Crippen LogP contribution < -0.4 is 5.73 Å².